The van der Waals surface area contributed by atoms with E-state index in [9.17, 15) is 9.59 Å². The molecule has 0 atom stereocenters. The predicted octanol–water partition coefficient (Wildman–Crippen LogP) is 2.41. The lowest BCUT2D eigenvalue weighted by Crippen LogP contribution is -2.33. The molecule has 4 heteroatoms. The van der Waals surface area contributed by atoms with E-state index in [-0.39, 0.29) is 18.2 Å². The normalized spacial score (nSPS) is 15.0. The van der Waals surface area contributed by atoms with Gasteiger partial charge in [-0.2, -0.15) is 0 Å². The second-order valence-electron chi connectivity index (χ2n) is 5.73. The average Bonchev–Trinajstić information content (AvgIpc) is 3.16. The van der Waals surface area contributed by atoms with E-state index < -0.39 is 0 Å². The minimum absolute atomic E-state index is 0.156. The number of hydrogen-bond acceptors (Lipinski definition) is 4. The fourth-order valence-corrected chi connectivity index (χ4v) is 2.03. The minimum atomic E-state index is -0.268. The minimum Gasteiger partial charge on any atom is -0.466 e. The molecule has 0 bridgehead atoms. The monoisotopic (exact) mass is 269 g/mol. The number of rotatable bonds is 10. The van der Waals surface area contributed by atoms with E-state index in [0.717, 1.165) is 13.0 Å². The summed E-state index contributed by atoms with van der Waals surface area (Å²) in [6.45, 7) is 8.06. The number of carbonyl (C=O) groups is 2. The van der Waals surface area contributed by atoms with Crippen molar-refractivity contribution in [1.82, 2.24) is 4.90 Å². The highest BCUT2D eigenvalue weighted by Gasteiger charge is 2.29. The van der Waals surface area contributed by atoms with E-state index in [4.69, 9.17) is 4.74 Å². The first kappa shape index (κ1) is 16.2. The van der Waals surface area contributed by atoms with Gasteiger partial charge in [-0.25, -0.2) is 0 Å². The lowest BCUT2D eigenvalue weighted by Gasteiger charge is -2.22. The quantitative estimate of drug-likeness (QED) is 0.571. The molecule has 0 N–H and O–H groups in total. The molecule has 0 saturated heterocycles. The van der Waals surface area contributed by atoms with Crippen molar-refractivity contribution in [1.29, 1.82) is 0 Å². The maximum Gasteiger partial charge on any atom is 0.306 e. The van der Waals surface area contributed by atoms with Crippen LogP contribution in [0.4, 0.5) is 0 Å². The highest BCUT2D eigenvalue weighted by Crippen LogP contribution is 2.27. The Balaban J connectivity index is 2.25. The number of ether oxygens (including phenoxy) is 1. The van der Waals surface area contributed by atoms with Gasteiger partial charge in [0.2, 0.25) is 0 Å². The fraction of sp³-hybridized carbons (Fsp3) is 0.867. The van der Waals surface area contributed by atoms with Gasteiger partial charge in [-0.3, -0.25) is 14.5 Å². The molecule has 1 aliphatic rings. The van der Waals surface area contributed by atoms with Crippen LogP contribution in [0.1, 0.15) is 52.9 Å². The fourth-order valence-electron chi connectivity index (χ4n) is 2.03. The molecule has 0 aromatic heterocycles. The summed E-state index contributed by atoms with van der Waals surface area (Å²) in [4.78, 5) is 25.4. The van der Waals surface area contributed by atoms with Crippen LogP contribution in [0.3, 0.4) is 0 Å². The van der Waals surface area contributed by atoms with Crippen LogP contribution in [0.5, 0.6) is 0 Å². The van der Waals surface area contributed by atoms with Gasteiger partial charge in [0.1, 0.15) is 5.78 Å². The first-order chi connectivity index (χ1) is 9.02. The summed E-state index contributed by atoms with van der Waals surface area (Å²) in [5.74, 6) is 0.551. The van der Waals surface area contributed by atoms with Crippen molar-refractivity contribution < 1.29 is 14.3 Å². The first-order valence-electron chi connectivity index (χ1n) is 7.44. The van der Waals surface area contributed by atoms with Gasteiger partial charge in [0.15, 0.2) is 0 Å². The molecule has 0 radical (unpaired) electrons. The van der Waals surface area contributed by atoms with Crippen LogP contribution in [0.2, 0.25) is 0 Å². The smallest absolute Gasteiger partial charge is 0.306 e. The van der Waals surface area contributed by atoms with E-state index in [2.05, 4.69) is 18.7 Å². The third-order valence-corrected chi connectivity index (χ3v) is 3.35. The summed E-state index contributed by atoms with van der Waals surface area (Å²) in [6, 6.07) is 0.602. The van der Waals surface area contributed by atoms with Gasteiger partial charge >= 0.3 is 5.97 Å². The van der Waals surface area contributed by atoms with Crippen molar-refractivity contribution in [3.63, 3.8) is 0 Å². The van der Waals surface area contributed by atoms with E-state index in [0.29, 0.717) is 31.5 Å². The van der Waals surface area contributed by atoms with Crippen LogP contribution in [-0.4, -0.2) is 42.4 Å². The summed E-state index contributed by atoms with van der Waals surface area (Å²) < 4.78 is 4.83. The summed E-state index contributed by atoms with van der Waals surface area (Å²) in [7, 11) is 0. The number of hydrogen-bond donors (Lipinski definition) is 0. The standard InChI is InChI=1S/C15H27NO3/c1-4-19-15(18)8-7-14(17)11-16(13-5-6-13)10-9-12(2)3/h12-13H,4-11H2,1-3H3. The second kappa shape index (κ2) is 8.31. The highest BCUT2D eigenvalue weighted by atomic mass is 16.5. The van der Waals surface area contributed by atoms with Crippen molar-refractivity contribution in [2.75, 3.05) is 19.7 Å². The molecule has 0 amide bonds. The molecule has 19 heavy (non-hydrogen) atoms. The van der Waals surface area contributed by atoms with Crippen molar-refractivity contribution in [2.24, 2.45) is 5.92 Å². The van der Waals surface area contributed by atoms with Gasteiger partial charge in [-0.05, 0) is 38.6 Å². The molecule has 1 fully saturated rings. The van der Waals surface area contributed by atoms with Crippen LogP contribution >= 0.6 is 0 Å². The number of ketones is 1. The lowest BCUT2D eigenvalue weighted by molar-refractivity contribution is -0.144. The summed E-state index contributed by atoms with van der Waals surface area (Å²) >= 11 is 0. The van der Waals surface area contributed by atoms with Crippen molar-refractivity contribution >= 4 is 11.8 Å². The zero-order valence-electron chi connectivity index (χ0n) is 12.5. The lowest BCUT2D eigenvalue weighted by atomic mass is 10.1. The molecule has 1 saturated carbocycles. The number of carbonyl (C=O) groups excluding carboxylic acids is 2. The van der Waals surface area contributed by atoms with Gasteiger partial charge in [0, 0.05) is 12.5 Å². The third-order valence-electron chi connectivity index (χ3n) is 3.35. The van der Waals surface area contributed by atoms with E-state index in [1.54, 1.807) is 6.92 Å². The Kier molecular flexibility index (Phi) is 7.06. The van der Waals surface area contributed by atoms with Crippen LogP contribution in [0, 0.1) is 5.92 Å². The molecule has 0 aromatic rings. The van der Waals surface area contributed by atoms with Crippen molar-refractivity contribution in [3.05, 3.63) is 0 Å². The van der Waals surface area contributed by atoms with Crippen LogP contribution in [0.25, 0.3) is 0 Å². The largest absolute Gasteiger partial charge is 0.466 e. The van der Waals surface area contributed by atoms with E-state index >= 15 is 0 Å². The van der Waals surface area contributed by atoms with Gasteiger partial charge < -0.3 is 4.74 Å². The molecule has 0 aliphatic heterocycles. The second-order valence-corrected chi connectivity index (χ2v) is 5.73. The average molecular weight is 269 g/mol. The maximum absolute atomic E-state index is 11.9. The van der Waals surface area contributed by atoms with E-state index in [1.165, 1.54) is 12.8 Å². The third kappa shape index (κ3) is 7.31. The Labute approximate surface area is 116 Å². The van der Waals surface area contributed by atoms with Crippen LogP contribution in [-0.2, 0) is 14.3 Å². The summed E-state index contributed by atoms with van der Waals surface area (Å²) in [5.41, 5.74) is 0. The summed E-state index contributed by atoms with van der Waals surface area (Å²) in [5, 5.41) is 0. The molecular formula is C15H27NO3. The van der Waals surface area contributed by atoms with Crippen LogP contribution < -0.4 is 0 Å². The molecule has 1 aliphatic carbocycles. The van der Waals surface area contributed by atoms with Crippen molar-refractivity contribution in [3.8, 4) is 0 Å². The molecule has 0 unspecified atom stereocenters. The molecule has 0 heterocycles. The topological polar surface area (TPSA) is 46.6 Å². The Morgan fingerprint density at radius 3 is 2.47 bits per heavy atom. The first-order valence-corrected chi connectivity index (χ1v) is 7.44. The van der Waals surface area contributed by atoms with Gasteiger partial charge in [0.05, 0.1) is 19.6 Å². The maximum atomic E-state index is 11.9. The zero-order chi connectivity index (χ0) is 14.3. The Morgan fingerprint density at radius 1 is 1.26 bits per heavy atom. The Morgan fingerprint density at radius 2 is 1.95 bits per heavy atom. The zero-order valence-corrected chi connectivity index (χ0v) is 12.5. The number of esters is 1. The van der Waals surface area contributed by atoms with Gasteiger partial charge in [-0.15, -0.1) is 0 Å². The summed E-state index contributed by atoms with van der Waals surface area (Å²) in [6.07, 6.45) is 4.08. The molecule has 110 valence electrons. The van der Waals surface area contributed by atoms with Crippen molar-refractivity contribution in [2.45, 2.75) is 58.9 Å². The van der Waals surface area contributed by atoms with E-state index in [1.807, 2.05) is 0 Å². The Bertz CT molecular complexity index is 298. The molecule has 4 nitrogen and oxygen atoms in total. The number of Topliss-reactive ketones (excluding diaryl/α,β-unsaturated/α-hetero) is 1. The van der Waals surface area contributed by atoms with Gasteiger partial charge in [-0.1, -0.05) is 13.8 Å². The molecule has 1 rings (SSSR count). The predicted molar refractivity (Wildman–Crippen MR) is 74.9 cm³/mol. The SMILES string of the molecule is CCOC(=O)CCC(=O)CN(CCC(C)C)C1CC1. The van der Waals surface area contributed by atoms with Gasteiger partial charge in [0.25, 0.3) is 0 Å². The highest BCUT2D eigenvalue weighted by molar-refractivity contribution is 5.84. The Hall–Kier alpha value is -0.900. The van der Waals surface area contributed by atoms with Crippen LogP contribution in [0.15, 0.2) is 0 Å². The number of nitrogens with zero attached hydrogens (tertiary/aromatic N) is 1. The molecular weight excluding hydrogens is 242 g/mol. The molecule has 0 aromatic carbocycles. The molecule has 0 spiro atoms.